The number of nitrogens with zero attached hydrogens (tertiary/aromatic N) is 3. The molecule has 1 amide bonds. The molecule has 148 valence electrons. The lowest BCUT2D eigenvalue weighted by atomic mass is 9.95. The van der Waals surface area contributed by atoms with Gasteiger partial charge >= 0.3 is 0 Å². The van der Waals surface area contributed by atoms with Crippen molar-refractivity contribution in [1.29, 1.82) is 0 Å². The number of hydrogen-bond donors (Lipinski definition) is 1. The maximum atomic E-state index is 13.1. The normalized spacial score (nSPS) is 19.2. The van der Waals surface area contributed by atoms with E-state index in [4.69, 9.17) is 28.2 Å². The number of halogens is 2. The van der Waals surface area contributed by atoms with E-state index in [2.05, 4.69) is 9.88 Å². The Kier molecular flexibility index (Phi) is 4.62. The summed E-state index contributed by atoms with van der Waals surface area (Å²) in [5.74, 6) is 0.886. The van der Waals surface area contributed by atoms with Crippen LogP contribution in [-0.2, 0) is 24.2 Å². The number of amides is 1. The Bertz CT molecular complexity index is 1110. The van der Waals surface area contributed by atoms with Crippen molar-refractivity contribution >= 4 is 34.8 Å². The molecule has 0 radical (unpaired) electrons. The van der Waals surface area contributed by atoms with Gasteiger partial charge in [0.25, 0.3) is 0 Å². The van der Waals surface area contributed by atoms with Crippen molar-refractivity contribution in [2.75, 3.05) is 18.5 Å². The Morgan fingerprint density at radius 1 is 1.10 bits per heavy atom. The Morgan fingerprint density at radius 2 is 1.90 bits per heavy atom. The zero-order valence-corrected chi connectivity index (χ0v) is 17.5. The molecule has 5 rings (SSSR count). The number of nitrogens with one attached hydrogen (secondary N) is 1. The van der Waals surface area contributed by atoms with Crippen LogP contribution in [0, 0.1) is 0 Å². The number of aromatic nitrogens is 2. The first-order chi connectivity index (χ1) is 14.0. The van der Waals surface area contributed by atoms with Gasteiger partial charge < -0.3 is 9.88 Å². The summed E-state index contributed by atoms with van der Waals surface area (Å²) in [5.41, 5.74) is 4.93. The number of benzene rings is 2. The van der Waals surface area contributed by atoms with E-state index >= 15 is 0 Å². The Labute approximate surface area is 179 Å². The van der Waals surface area contributed by atoms with Gasteiger partial charge in [0.05, 0.1) is 22.5 Å². The Morgan fingerprint density at radius 3 is 2.72 bits per heavy atom. The minimum absolute atomic E-state index is 0.106. The molecule has 3 aromatic rings. The third kappa shape index (κ3) is 3.14. The molecule has 1 N–H and O–H groups in total. The van der Waals surface area contributed by atoms with E-state index in [1.165, 1.54) is 0 Å². The lowest BCUT2D eigenvalue weighted by Gasteiger charge is -2.39. The van der Waals surface area contributed by atoms with Crippen molar-refractivity contribution in [3.8, 4) is 11.4 Å². The maximum Gasteiger partial charge on any atom is 0.244 e. The van der Waals surface area contributed by atoms with Crippen LogP contribution in [-0.4, -0.2) is 40.4 Å². The molecular formula is C22H20Cl2N4O. The molecule has 2 aliphatic heterocycles. The van der Waals surface area contributed by atoms with E-state index in [0.29, 0.717) is 23.0 Å². The lowest BCUT2D eigenvalue weighted by Crippen LogP contribution is -2.53. The number of fused-ring (bicyclic) bond motifs is 2. The van der Waals surface area contributed by atoms with Crippen molar-refractivity contribution < 1.29 is 4.79 Å². The van der Waals surface area contributed by atoms with E-state index < -0.39 is 0 Å². The smallest absolute Gasteiger partial charge is 0.244 e. The predicted molar refractivity (Wildman–Crippen MR) is 116 cm³/mol. The number of carbonyl (C=O) groups excluding carboxylic acids is 1. The van der Waals surface area contributed by atoms with E-state index in [1.54, 1.807) is 4.90 Å². The molecule has 3 heterocycles. The summed E-state index contributed by atoms with van der Waals surface area (Å²) in [6.45, 7) is 1.43. The van der Waals surface area contributed by atoms with Crippen LogP contribution < -0.4 is 4.90 Å². The number of imidazole rings is 1. The highest BCUT2D eigenvalue weighted by molar-refractivity contribution is 6.33. The molecule has 0 bridgehead atoms. The Balaban J connectivity index is 1.43. The molecule has 0 saturated heterocycles. The third-order valence-electron chi connectivity index (χ3n) is 5.90. The molecule has 1 unspecified atom stereocenters. The predicted octanol–water partition coefficient (Wildman–Crippen LogP) is 4.33. The largest absolute Gasteiger partial charge is 0.340 e. The van der Waals surface area contributed by atoms with Gasteiger partial charge in [0, 0.05) is 49.3 Å². The first kappa shape index (κ1) is 18.7. The van der Waals surface area contributed by atoms with Gasteiger partial charge in [0.1, 0.15) is 5.82 Å². The minimum atomic E-state index is -0.229. The summed E-state index contributed by atoms with van der Waals surface area (Å²) < 4.78 is 0. The Hall–Kier alpha value is -2.34. The van der Waals surface area contributed by atoms with Crippen molar-refractivity contribution in [2.24, 2.45) is 0 Å². The third-order valence-corrected chi connectivity index (χ3v) is 6.58. The van der Waals surface area contributed by atoms with Crippen LogP contribution in [0.1, 0.15) is 17.0 Å². The highest BCUT2D eigenvalue weighted by atomic mass is 35.5. The highest BCUT2D eigenvalue weighted by Gasteiger charge is 2.37. The van der Waals surface area contributed by atoms with E-state index in [9.17, 15) is 4.79 Å². The monoisotopic (exact) mass is 426 g/mol. The zero-order valence-electron chi connectivity index (χ0n) is 16.0. The van der Waals surface area contributed by atoms with Gasteiger partial charge in [-0.2, -0.15) is 0 Å². The average molecular weight is 427 g/mol. The van der Waals surface area contributed by atoms with Crippen LogP contribution in [0.3, 0.4) is 0 Å². The molecule has 2 aliphatic rings. The van der Waals surface area contributed by atoms with Crippen molar-refractivity contribution in [1.82, 2.24) is 14.9 Å². The summed E-state index contributed by atoms with van der Waals surface area (Å²) in [7, 11) is 1.82. The number of rotatable bonds is 2. The number of hydrogen-bond acceptors (Lipinski definition) is 3. The summed E-state index contributed by atoms with van der Waals surface area (Å²) in [6, 6.07) is 13.2. The summed E-state index contributed by atoms with van der Waals surface area (Å²) in [5, 5.41) is 1.39. The number of H-pyrrole nitrogens is 1. The maximum absolute atomic E-state index is 13.1. The van der Waals surface area contributed by atoms with Gasteiger partial charge in [0.2, 0.25) is 5.91 Å². The number of likely N-dealkylation sites (N-methyl/N-ethyl adjacent to an activating group) is 1. The molecule has 1 atom stereocenters. The van der Waals surface area contributed by atoms with Crippen molar-refractivity contribution in [3.05, 3.63) is 69.5 Å². The van der Waals surface area contributed by atoms with Crippen molar-refractivity contribution in [3.63, 3.8) is 0 Å². The minimum Gasteiger partial charge on any atom is -0.340 e. The molecule has 0 spiro atoms. The molecular weight excluding hydrogens is 407 g/mol. The quantitative estimate of drug-likeness (QED) is 0.663. The van der Waals surface area contributed by atoms with Crippen LogP contribution in [0.25, 0.3) is 11.4 Å². The van der Waals surface area contributed by atoms with Crippen LogP contribution in [0.15, 0.2) is 42.5 Å². The molecule has 1 aromatic heterocycles. The molecule has 29 heavy (non-hydrogen) atoms. The second-order valence-electron chi connectivity index (χ2n) is 7.57. The van der Waals surface area contributed by atoms with E-state index in [1.807, 2.05) is 49.5 Å². The molecule has 5 nitrogen and oxygen atoms in total. The van der Waals surface area contributed by atoms with Crippen LogP contribution >= 0.6 is 23.2 Å². The van der Waals surface area contributed by atoms with Gasteiger partial charge in [-0.1, -0.05) is 41.4 Å². The van der Waals surface area contributed by atoms with Crippen LogP contribution in [0.4, 0.5) is 5.69 Å². The SMILES string of the molecule is CN1C(=O)C(N2CCc3nc(-c4ccccc4Cl)[nH]c3C2)Cc2c(Cl)cccc21. The number of carbonyl (C=O) groups is 1. The van der Waals surface area contributed by atoms with Gasteiger partial charge in [0.15, 0.2) is 0 Å². The van der Waals surface area contributed by atoms with Gasteiger partial charge in [-0.3, -0.25) is 9.69 Å². The van der Waals surface area contributed by atoms with Crippen LogP contribution in [0.2, 0.25) is 10.0 Å². The molecule has 0 fully saturated rings. The first-order valence-electron chi connectivity index (χ1n) is 9.64. The lowest BCUT2D eigenvalue weighted by molar-refractivity contribution is -0.124. The van der Waals surface area contributed by atoms with Gasteiger partial charge in [-0.25, -0.2) is 4.98 Å². The van der Waals surface area contributed by atoms with Gasteiger partial charge in [-0.05, 0) is 29.8 Å². The van der Waals surface area contributed by atoms with Crippen LogP contribution in [0.5, 0.6) is 0 Å². The van der Waals surface area contributed by atoms with E-state index in [-0.39, 0.29) is 11.9 Å². The summed E-state index contributed by atoms with van der Waals surface area (Å²) in [4.78, 5) is 25.2. The summed E-state index contributed by atoms with van der Waals surface area (Å²) in [6.07, 6.45) is 1.41. The highest BCUT2D eigenvalue weighted by Crippen LogP contribution is 2.35. The number of anilines is 1. The zero-order chi connectivity index (χ0) is 20.1. The first-order valence-corrected chi connectivity index (χ1v) is 10.4. The molecule has 2 aromatic carbocycles. The van der Waals surface area contributed by atoms with Gasteiger partial charge in [-0.15, -0.1) is 0 Å². The average Bonchev–Trinajstić information content (AvgIpc) is 3.14. The fourth-order valence-electron chi connectivity index (χ4n) is 4.33. The molecule has 0 aliphatic carbocycles. The standard InChI is InChI=1S/C22H20Cl2N4O/c1-27-19-8-4-7-16(24)14(19)11-20(22(27)29)28-10-9-17-18(12-28)26-21(25-17)13-5-2-3-6-15(13)23/h2-8,20H,9-12H2,1H3,(H,25,26). The van der Waals surface area contributed by atoms with Crippen molar-refractivity contribution in [2.45, 2.75) is 25.4 Å². The fraction of sp³-hybridized carbons (Fsp3) is 0.273. The summed E-state index contributed by atoms with van der Waals surface area (Å²) >= 11 is 12.8. The topological polar surface area (TPSA) is 52.2 Å². The van der Waals surface area contributed by atoms with E-state index in [0.717, 1.165) is 47.0 Å². The molecule has 7 heteroatoms. The molecule has 0 saturated carbocycles. The fourth-order valence-corrected chi connectivity index (χ4v) is 4.81. The number of aromatic amines is 1. The second-order valence-corrected chi connectivity index (χ2v) is 8.38. The second kappa shape index (κ2) is 7.17.